The summed E-state index contributed by atoms with van der Waals surface area (Å²) in [4.78, 5) is 12.4. The van der Waals surface area contributed by atoms with Gasteiger partial charge in [0.15, 0.2) is 6.61 Å². The first-order chi connectivity index (χ1) is 15.4. The number of sulfonamides is 1. The molecule has 0 radical (unpaired) electrons. The van der Waals surface area contributed by atoms with Crippen LogP contribution in [0.3, 0.4) is 0 Å². The van der Waals surface area contributed by atoms with Gasteiger partial charge in [-0.15, -0.1) is 0 Å². The Morgan fingerprint density at radius 3 is 2.19 bits per heavy atom. The molecule has 1 fully saturated rings. The van der Waals surface area contributed by atoms with Gasteiger partial charge in [0.25, 0.3) is 5.91 Å². The van der Waals surface area contributed by atoms with E-state index in [-0.39, 0.29) is 30.0 Å². The van der Waals surface area contributed by atoms with Gasteiger partial charge in [0, 0.05) is 6.04 Å². The lowest BCUT2D eigenvalue weighted by molar-refractivity contribution is -0.123. The lowest BCUT2D eigenvalue weighted by atomic mass is 9.96. The SMILES string of the molecule is COc1cccc(OC)c1CNC(=O)COc1ccc(S(=O)(=O)NC2CCCCC2)cc1. The molecule has 0 aliphatic heterocycles. The van der Waals surface area contributed by atoms with Gasteiger partial charge in [-0.25, -0.2) is 13.1 Å². The Kier molecular flexibility index (Phi) is 8.35. The third-order valence-corrected chi connectivity index (χ3v) is 6.96. The number of hydrogen-bond acceptors (Lipinski definition) is 6. The number of amides is 1. The number of carbonyl (C=O) groups is 1. The topological polar surface area (TPSA) is 103 Å². The maximum atomic E-state index is 12.6. The number of ether oxygens (including phenoxy) is 3. The molecule has 0 unspecified atom stereocenters. The highest BCUT2D eigenvalue weighted by Gasteiger charge is 2.21. The number of nitrogens with one attached hydrogen (secondary N) is 2. The molecule has 0 bridgehead atoms. The van der Waals surface area contributed by atoms with Gasteiger partial charge in [-0.1, -0.05) is 25.3 Å². The molecule has 174 valence electrons. The van der Waals surface area contributed by atoms with Crippen LogP contribution in [0.1, 0.15) is 37.7 Å². The molecule has 0 atom stereocenters. The molecule has 2 aromatic carbocycles. The first kappa shape index (κ1) is 23.9. The highest BCUT2D eigenvalue weighted by atomic mass is 32.2. The molecule has 9 heteroatoms. The molecule has 1 saturated carbocycles. The van der Waals surface area contributed by atoms with Gasteiger partial charge < -0.3 is 19.5 Å². The summed E-state index contributed by atoms with van der Waals surface area (Å²) in [6.45, 7) is 0.0171. The Morgan fingerprint density at radius 2 is 1.59 bits per heavy atom. The molecule has 1 amide bonds. The fourth-order valence-corrected chi connectivity index (χ4v) is 5.02. The lowest BCUT2D eigenvalue weighted by Gasteiger charge is -2.22. The van der Waals surface area contributed by atoms with Crippen LogP contribution in [-0.2, 0) is 21.4 Å². The van der Waals surface area contributed by atoms with Crippen molar-refractivity contribution in [3.8, 4) is 17.2 Å². The van der Waals surface area contributed by atoms with Gasteiger partial charge >= 0.3 is 0 Å². The third kappa shape index (κ3) is 6.37. The van der Waals surface area contributed by atoms with E-state index in [1.54, 1.807) is 44.6 Å². The van der Waals surface area contributed by atoms with Crippen LogP contribution in [0.5, 0.6) is 17.2 Å². The summed E-state index contributed by atoms with van der Waals surface area (Å²) in [6.07, 6.45) is 4.99. The quantitative estimate of drug-likeness (QED) is 0.563. The zero-order valence-corrected chi connectivity index (χ0v) is 19.2. The van der Waals surface area contributed by atoms with Crippen LogP contribution in [0.15, 0.2) is 47.4 Å². The van der Waals surface area contributed by atoms with Crippen LogP contribution in [0, 0.1) is 0 Å². The molecule has 2 N–H and O–H groups in total. The van der Waals surface area contributed by atoms with Gasteiger partial charge in [-0.2, -0.15) is 0 Å². The van der Waals surface area contributed by atoms with E-state index in [0.29, 0.717) is 17.2 Å². The molecule has 1 aliphatic rings. The van der Waals surface area contributed by atoms with Gasteiger partial charge in [0.05, 0.1) is 31.2 Å². The first-order valence-corrected chi connectivity index (χ1v) is 12.1. The number of rotatable bonds is 10. The molecule has 32 heavy (non-hydrogen) atoms. The van der Waals surface area contributed by atoms with E-state index < -0.39 is 10.0 Å². The minimum atomic E-state index is -3.57. The van der Waals surface area contributed by atoms with Crippen LogP contribution < -0.4 is 24.2 Å². The predicted molar refractivity (Wildman–Crippen MR) is 121 cm³/mol. The Hall–Kier alpha value is -2.78. The van der Waals surface area contributed by atoms with Gasteiger partial charge in [0.2, 0.25) is 10.0 Å². The van der Waals surface area contributed by atoms with Crippen molar-refractivity contribution in [1.29, 1.82) is 0 Å². The van der Waals surface area contributed by atoms with Crippen LogP contribution in [0.4, 0.5) is 0 Å². The van der Waals surface area contributed by atoms with Crippen LogP contribution in [0.2, 0.25) is 0 Å². The van der Waals surface area contributed by atoms with E-state index in [2.05, 4.69) is 10.0 Å². The van der Waals surface area contributed by atoms with Crippen molar-refractivity contribution in [3.05, 3.63) is 48.0 Å². The Balaban J connectivity index is 1.51. The van der Waals surface area contributed by atoms with Crippen molar-refractivity contribution in [2.75, 3.05) is 20.8 Å². The van der Waals surface area contributed by atoms with Gasteiger partial charge in [-0.05, 0) is 49.2 Å². The molecule has 0 aromatic heterocycles. The Morgan fingerprint density at radius 1 is 0.969 bits per heavy atom. The minimum Gasteiger partial charge on any atom is -0.496 e. The second-order valence-electron chi connectivity index (χ2n) is 7.63. The first-order valence-electron chi connectivity index (χ1n) is 10.6. The zero-order valence-electron chi connectivity index (χ0n) is 18.4. The van der Waals surface area contributed by atoms with E-state index in [4.69, 9.17) is 14.2 Å². The van der Waals surface area contributed by atoms with E-state index in [1.165, 1.54) is 12.1 Å². The Bertz CT molecular complexity index is 979. The van der Waals surface area contributed by atoms with E-state index in [9.17, 15) is 13.2 Å². The normalized spacial score (nSPS) is 14.6. The van der Waals surface area contributed by atoms with Crippen molar-refractivity contribution < 1.29 is 27.4 Å². The number of benzene rings is 2. The van der Waals surface area contributed by atoms with Gasteiger partial charge in [-0.3, -0.25) is 4.79 Å². The standard InChI is InChI=1S/C23H30N2O6S/c1-29-21-9-6-10-22(30-2)20(21)15-24-23(26)16-31-18-11-13-19(14-12-18)32(27,28)25-17-7-4-3-5-8-17/h6,9-14,17,25H,3-5,7-8,15-16H2,1-2H3,(H,24,26). The predicted octanol–water partition coefficient (Wildman–Crippen LogP) is 3.01. The average Bonchev–Trinajstić information content (AvgIpc) is 2.81. The van der Waals surface area contributed by atoms with E-state index >= 15 is 0 Å². The summed E-state index contributed by atoms with van der Waals surface area (Å²) in [6, 6.07) is 11.4. The fourth-order valence-electron chi connectivity index (χ4n) is 3.71. The summed E-state index contributed by atoms with van der Waals surface area (Å²) < 4.78 is 44.0. The van der Waals surface area contributed by atoms with Crippen molar-refractivity contribution in [3.63, 3.8) is 0 Å². The second kappa shape index (κ2) is 11.2. The molecule has 0 heterocycles. The van der Waals surface area contributed by atoms with Crippen LogP contribution in [0.25, 0.3) is 0 Å². The maximum absolute atomic E-state index is 12.6. The van der Waals surface area contributed by atoms with Crippen molar-refractivity contribution >= 4 is 15.9 Å². The van der Waals surface area contributed by atoms with E-state index in [0.717, 1.165) is 37.7 Å². The van der Waals surface area contributed by atoms with E-state index in [1.807, 2.05) is 0 Å². The number of carbonyl (C=O) groups excluding carboxylic acids is 1. The summed E-state index contributed by atoms with van der Waals surface area (Å²) in [5, 5.41) is 2.77. The third-order valence-electron chi connectivity index (χ3n) is 5.42. The second-order valence-corrected chi connectivity index (χ2v) is 9.35. The maximum Gasteiger partial charge on any atom is 0.258 e. The zero-order chi connectivity index (χ0) is 23.0. The summed E-state index contributed by atoms with van der Waals surface area (Å²) >= 11 is 0. The molecule has 8 nitrogen and oxygen atoms in total. The molecular formula is C23H30N2O6S. The highest BCUT2D eigenvalue weighted by Crippen LogP contribution is 2.28. The number of hydrogen-bond donors (Lipinski definition) is 2. The average molecular weight is 463 g/mol. The molecule has 0 spiro atoms. The summed E-state index contributed by atoms with van der Waals surface area (Å²) in [7, 11) is -0.462. The summed E-state index contributed by atoms with van der Waals surface area (Å²) in [5.41, 5.74) is 0.728. The molecule has 2 aromatic rings. The van der Waals surface area contributed by atoms with Crippen molar-refractivity contribution in [2.24, 2.45) is 0 Å². The monoisotopic (exact) mass is 462 g/mol. The van der Waals surface area contributed by atoms with Crippen LogP contribution in [-0.4, -0.2) is 41.2 Å². The summed E-state index contributed by atoms with van der Waals surface area (Å²) in [5.74, 6) is 1.31. The molecular weight excluding hydrogens is 432 g/mol. The van der Waals surface area contributed by atoms with Crippen LogP contribution >= 0.6 is 0 Å². The highest BCUT2D eigenvalue weighted by molar-refractivity contribution is 7.89. The molecule has 3 rings (SSSR count). The number of methoxy groups -OCH3 is 2. The molecule has 1 aliphatic carbocycles. The van der Waals surface area contributed by atoms with Crippen molar-refractivity contribution in [1.82, 2.24) is 10.0 Å². The largest absolute Gasteiger partial charge is 0.496 e. The van der Waals surface area contributed by atoms with Gasteiger partial charge in [0.1, 0.15) is 17.2 Å². The van der Waals surface area contributed by atoms with Crippen molar-refractivity contribution in [2.45, 2.75) is 49.6 Å². The Labute approximate surface area is 189 Å². The lowest BCUT2D eigenvalue weighted by Crippen LogP contribution is -2.36. The molecule has 0 saturated heterocycles. The fraction of sp³-hybridized carbons (Fsp3) is 0.435. The smallest absolute Gasteiger partial charge is 0.258 e. The minimum absolute atomic E-state index is 0.00441.